The Bertz CT molecular complexity index is 1510. The second-order valence-corrected chi connectivity index (χ2v) is 11.5. The van der Waals surface area contributed by atoms with Crippen LogP contribution in [0.25, 0.3) is 0 Å². The van der Waals surface area contributed by atoms with E-state index in [1.807, 2.05) is 6.08 Å². The van der Waals surface area contributed by atoms with Crippen LogP contribution in [0.3, 0.4) is 0 Å². The van der Waals surface area contributed by atoms with Crippen molar-refractivity contribution in [2.24, 2.45) is 0 Å². The number of non-ortho nitro benzene ring substituents is 1. The van der Waals surface area contributed by atoms with Gasteiger partial charge in [0, 0.05) is 30.1 Å². The van der Waals surface area contributed by atoms with E-state index in [4.69, 9.17) is 0 Å². The number of rotatable bonds is 5. The Hall–Kier alpha value is -3.71. The summed E-state index contributed by atoms with van der Waals surface area (Å²) in [5, 5.41) is 39.7. The SMILES string of the molecule is O=C([O-])C1(S)CC2NC3C(=CCCC3c3ccc(C(F)(F)F)c(F)c3)C=C2C(C(=O)[O-])(c2ccc([N+](=O)[O-])cc2)C1. The summed E-state index contributed by atoms with van der Waals surface area (Å²) in [7, 11) is 0. The average molecular weight is 591 g/mol. The highest BCUT2D eigenvalue weighted by Gasteiger charge is 2.55. The Morgan fingerprint density at radius 2 is 1.76 bits per heavy atom. The van der Waals surface area contributed by atoms with Gasteiger partial charge in [0.15, 0.2) is 0 Å². The van der Waals surface area contributed by atoms with Crippen molar-refractivity contribution in [3.63, 3.8) is 0 Å². The van der Waals surface area contributed by atoms with Gasteiger partial charge in [-0.15, -0.1) is 0 Å². The molecule has 2 aromatic carbocycles. The second kappa shape index (κ2) is 9.98. The van der Waals surface area contributed by atoms with Crippen LogP contribution in [0.15, 0.2) is 65.8 Å². The molecule has 1 N–H and O–H groups in total. The minimum absolute atomic E-state index is 0.0525. The number of carbonyl (C=O) groups excluding carboxylic acids is 2. The van der Waals surface area contributed by atoms with Gasteiger partial charge in [-0.1, -0.05) is 30.4 Å². The zero-order valence-corrected chi connectivity index (χ0v) is 22.0. The molecule has 0 amide bonds. The number of hydrogen-bond acceptors (Lipinski definition) is 8. The molecule has 3 aliphatic rings. The van der Waals surface area contributed by atoms with Crippen molar-refractivity contribution in [1.82, 2.24) is 5.32 Å². The highest BCUT2D eigenvalue weighted by Crippen LogP contribution is 2.53. The van der Waals surface area contributed by atoms with Gasteiger partial charge in [-0.25, -0.2) is 4.39 Å². The fourth-order valence-electron chi connectivity index (χ4n) is 6.39. The molecule has 0 spiro atoms. The van der Waals surface area contributed by atoms with E-state index in [0.717, 1.165) is 18.2 Å². The van der Waals surface area contributed by atoms with Crippen molar-refractivity contribution < 1.29 is 42.3 Å². The number of alkyl halides is 3. The second-order valence-electron chi connectivity index (χ2n) is 10.6. The minimum Gasteiger partial charge on any atom is -0.549 e. The molecule has 0 radical (unpaired) electrons. The number of nitro groups is 1. The smallest absolute Gasteiger partial charge is 0.419 e. The lowest BCUT2D eigenvalue weighted by Gasteiger charge is -2.55. The maximum atomic E-state index is 14.5. The monoisotopic (exact) mass is 590 g/mol. The van der Waals surface area contributed by atoms with Crippen LogP contribution in [0.1, 0.15) is 48.3 Å². The molecule has 5 unspecified atom stereocenters. The predicted molar refractivity (Wildman–Crippen MR) is 136 cm³/mol. The molecule has 0 bridgehead atoms. The van der Waals surface area contributed by atoms with Crippen LogP contribution in [0, 0.1) is 15.9 Å². The first kappa shape index (κ1) is 28.8. The van der Waals surface area contributed by atoms with Crippen molar-refractivity contribution in [2.45, 2.75) is 60.0 Å². The molecule has 0 saturated heterocycles. The largest absolute Gasteiger partial charge is 0.549 e. The van der Waals surface area contributed by atoms with E-state index in [0.29, 0.717) is 30.0 Å². The highest BCUT2D eigenvalue weighted by molar-refractivity contribution is 7.82. The minimum atomic E-state index is -4.87. The molecule has 2 aromatic rings. The Morgan fingerprint density at radius 3 is 2.32 bits per heavy atom. The first-order valence-corrected chi connectivity index (χ1v) is 13.1. The number of aliphatic carboxylic acids is 2. The number of nitro benzene ring substituents is 1. The first-order chi connectivity index (χ1) is 19.2. The molecular weight excluding hydrogens is 568 g/mol. The zero-order valence-electron chi connectivity index (χ0n) is 21.1. The number of carboxylic acids is 2. The van der Waals surface area contributed by atoms with Crippen LogP contribution in [0.2, 0.25) is 0 Å². The Kier molecular flexibility index (Phi) is 7.01. The average Bonchev–Trinajstić information content (AvgIpc) is 2.90. The van der Waals surface area contributed by atoms with Crippen molar-refractivity contribution >= 4 is 30.3 Å². The first-order valence-electron chi connectivity index (χ1n) is 12.6. The zero-order chi connectivity index (χ0) is 29.9. The molecule has 13 heteroatoms. The van der Waals surface area contributed by atoms with E-state index in [1.165, 1.54) is 18.2 Å². The van der Waals surface area contributed by atoms with Crippen molar-refractivity contribution in [3.05, 3.63) is 98.4 Å². The van der Waals surface area contributed by atoms with Gasteiger partial charge < -0.3 is 25.1 Å². The van der Waals surface area contributed by atoms with Gasteiger partial charge in [0.05, 0.1) is 32.6 Å². The summed E-state index contributed by atoms with van der Waals surface area (Å²) in [6.07, 6.45) is -1.31. The molecule has 216 valence electrons. The summed E-state index contributed by atoms with van der Waals surface area (Å²) < 4.78 is 51.9. The standard InChI is InChI=1S/C28H24F4N2O6S/c29-21-11-14(4-9-19(21)28(30,31)32)18-3-1-2-15-10-20-22(33-23(15)18)12-26(41,24(35)36)13-27(20,25(37)38)16-5-7-17(8-6-16)34(39)40/h2,4-11,18,22-23,33,41H,1,3,12-13H2,(H,35,36)(H,37,38)/p-2. The maximum absolute atomic E-state index is 14.5. The summed E-state index contributed by atoms with van der Waals surface area (Å²) in [6.45, 7) is 0. The molecule has 1 saturated carbocycles. The normalized spacial score (nSPS) is 29.4. The number of nitrogens with zero attached hydrogens (tertiary/aromatic N) is 1. The van der Waals surface area contributed by atoms with Crippen LogP contribution >= 0.6 is 12.6 Å². The number of carboxylic acid groups (broad SMARTS) is 2. The van der Waals surface area contributed by atoms with Crippen LogP contribution < -0.4 is 15.5 Å². The van der Waals surface area contributed by atoms with Crippen LogP contribution in [0.4, 0.5) is 23.2 Å². The van der Waals surface area contributed by atoms with Gasteiger partial charge in [-0.3, -0.25) is 10.1 Å². The number of carbonyl (C=O) groups is 2. The van der Waals surface area contributed by atoms with Gasteiger partial charge >= 0.3 is 6.18 Å². The molecule has 41 heavy (non-hydrogen) atoms. The number of benzene rings is 2. The predicted octanol–water partition coefficient (Wildman–Crippen LogP) is 2.72. The van der Waals surface area contributed by atoms with E-state index < -0.39 is 69.0 Å². The molecule has 5 rings (SSSR count). The number of allylic oxidation sites excluding steroid dienone is 1. The van der Waals surface area contributed by atoms with E-state index in [1.54, 1.807) is 6.08 Å². The Labute approximate surface area is 236 Å². The number of halogens is 4. The van der Waals surface area contributed by atoms with Gasteiger partial charge in [0.25, 0.3) is 5.69 Å². The third-order valence-electron chi connectivity index (χ3n) is 8.32. The van der Waals surface area contributed by atoms with E-state index in [9.17, 15) is 47.5 Å². The summed E-state index contributed by atoms with van der Waals surface area (Å²) in [5.74, 6) is -5.20. The van der Waals surface area contributed by atoms with Crippen LogP contribution in [-0.4, -0.2) is 33.7 Å². The van der Waals surface area contributed by atoms with Gasteiger partial charge in [0.1, 0.15) is 5.82 Å². The third-order valence-corrected chi connectivity index (χ3v) is 8.84. The van der Waals surface area contributed by atoms with Gasteiger partial charge in [0.2, 0.25) is 0 Å². The maximum Gasteiger partial charge on any atom is 0.419 e. The number of thiol groups is 1. The lowest BCUT2D eigenvalue weighted by molar-refractivity contribution is -0.384. The van der Waals surface area contributed by atoms with E-state index in [-0.39, 0.29) is 23.2 Å². The fourth-order valence-corrected chi connectivity index (χ4v) is 6.81. The summed E-state index contributed by atoms with van der Waals surface area (Å²) in [6, 6.07) is 5.87. The summed E-state index contributed by atoms with van der Waals surface area (Å²) in [5.41, 5.74) is -2.56. The third kappa shape index (κ3) is 4.80. The van der Waals surface area contributed by atoms with Crippen LogP contribution in [0.5, 0.6) is 0 Å². The van der Waals surface area contributed by atoms with E-state index in [2.05, 4.69) is 17.9 Å². The quantitative estimate of drug-likeness (QED) is 0.237. The Morgan fingerprint density at radius 1 is 1.07 bits per heavy atom. The van der Waals surface area contributed by atoms with Gasteiger partial charge in [-0.2, -0.15) is 25.8 Å². The Balaban J connectivity index is 1.62. The fraction of sp³-hybridized carbons (Fsp3) is 0.357. The lowest BCUT2D eigenvalue weighted by atomic mass is 9.58. The molecular formula is C28H22F4N2O6S-2. The van der Waals surface area contributed by atoms with E-state index >= 15 is 0 Å². The summed E-state index contributed by atoms with van der Waals surface area (Å²) >= 11 is 4.34. The lowest BCUT2D eigenvalue weighted by Crippen LogP contribution is -2.65. The van der Waals surface area contributed by atoms with Crippen molar-refractivity contribution in [2.75, 3.05) is 0 Å². The molecule has 1 aliphatic heterocycles. The molecule has 2 aliphatic carbocycles. The molecule has 0 aromatic heterocycles. The topological polar surface area (TPSA) is 135 Å². The molecule has 8 nitrogen and oxygen atoms in total. The van der Waals surface area contributed by atoms with Crippen molar-refractivity contribution in [3.8, 4) is 0 Å². The van der Waals surface area contributed by atoms with Crippen molar-refractivity contribution in [1.29, 1.82) is 0 Å². The molecule has 1 heterocycles. The van der Waals surface area contributed by atoms with Crippen LogP contribution in [-0.2, 0) is 21.2 Å². The van der Waals surface area contributed by atoms with Gasteiger partial charge in [-0.05, 0) is 60.1 Å². The molecule has 5 atom stereocenters. The highest BCUT2D eigenvalue weighted by atomic mass is 32.1. The number of hydrogen-bond donors (Lipinski definition) is 2. The summed E-state index contributed by atoms with van der Waals surface area (Å²) in [4.78, 5) is 35.7. The number of nitrogens with one attached hydrogen (secondary N) is 1. The number of fused-ring (bicyclic) bond motifs is 2. The molecule has 1 fully saturated rings.